The maximum absolute atomic E-state index is 4.76. The first-order chi connectivity index (χ1) is 22.2. The van der Waals surface area contributed by atoms with E-state index in [4.69, 9.17) is 5.10 Å². The summed E-state index contributed by atoms with van der Waals surface area (Å²) in [5.41, 5.74) is 9.23. The van der Waals surface area contributed by atoms with Crippen molar-refractivity contribution in [2.75, 3.05) is 14.1 Å². The van der Waals surface area contributed by atoms with E-state index in [2.05, 4.69) is 142 Å². The molecule has 45 heavy (non-hydrogen) atoms. The van der Waals surface area contributed by atoms with Crippen LogP contribution in [0.15, 0.2) is 151 Å². The molecule has 8 rings (SSSR count). The predicted molar refractivity (Wildman–Crippen MR) is 189 cm³/mol. The quantitative estimate of drug-likeness (QED) is 0.115. The molecular weight excluding hydrogens is 550 g/mol. The van der Waals surface area contributed by atoms with Gasteiger partial charge in [0, 0.05) is 40.0 Å². The number of rotatable bonds is 7. The van der Waals surface area contributed by atoms with E-state index < -0.39 is 0 Å². The largest absolute Gasteiger partial charge is 0.309 e. The van der Waals surface area contributed by atoms with Gasteiger partial charge in [-0.1, -0.05) is 97.1 Å². The SMILES string of the molecule is CNC(c1cccc(-n2c3ccccc3c3cc4c5ccccc5n(-c5ccccc5)c4cc32)c1)N(C)/N=C/c1ccccc1. The average molecular weight is 584 g/mol. The molecule has 0 aliphatic rings. The van der Waals surface area contributed by atoms with E-state index in [1.807, 2.05) is 43.5 Å². The first-order valence-electron chi connectivity index (χ1n) is 15.3. The fourth-order valence-electron chi connectivity index (χ4n) is 6.73. The lowest BCUT2D eigenvalue weighted by molar-refractivity contribution is 0.228. The predicted octanol–water partition coefficient (Wildman–Crippen LogP) is 9.06. The summed E-state index contributed by atoms with van der Waals surface area (Å²) in [6.07, 6.45) is 1.79. The van der Waals surface area contributed by atoms with Crippen molar-refractivity contribution in [2.24, 2.45) is 5.10 Å². The first-order valence-corrected chi connectivity index (χ1v) is 15.3. The lowest BCUT2D eigenvalue weighted by atomic mass is 10.1. The summed E-state index contributed by atoms with van der Waals surface area (Å²) in [4.78, 5) is 0. The monoisotopic (exact) mass is 583 g/mol. The summed E-state index contributed by atoms with van der Waals surface area (Å²) in [6, 6.07) is 51.8. The Morgan fingerprint density at radius 3 is 1.76 bits per heavy atom. The Hall–Kier alpha value is -5.65. The van der Waals surface area contributed by atoms with E-state index in [1.54, 1.807) is 0 Å². The number of para-hydroxylation sites is 3. The van der Waals surface area contributed by atoms with E-state index in [0.717, 1.165) is 22.5 Å². The molecule has 0 aliphatic heterocycles. The molecule has 218 valence electrons. The van der Waals surface area contributed by atoms with Crippen molar-refractivity contribution in [3.8, 4) is 11.4 Å². The lowest BCUT2D eigenvalue weighted by Crippen LogP contribution is -2.30. The highest BCUT2D eigenvalue weighted by Crippen LogP contribution is 2.39. The van der Waals surface area contributed by atoms with Crippen LogP contribution in [0, 0.1) is 0 Å². The molecule has 0 aliphatic carbocycles. The van der Waals surface area contributed by atoms with Crippen LogP contribution in [0.25, 0.3) is 55.0 Å². The normalized spacial score (nSPS) is 12.6. The van der Waals surface area contributed by atoms with Gasteiger partial charge in [0.05, 0.1) is 28.3 Å². The Labute approximate surface area is 262 Å². The lowest BCUT2D eigenvalue weighted by Gasteiger charge is -2.26. The third-order valence-corrected chi connectivity index (χ3v) is 8.76. The van der Waals surface area contributed by atoms with Gasteiger partial charge in [-0.05, 0) is 66.7 Å². The average Bonchev–Trinajstić information content (AvgIpc) is 3.60. The number of nitrogens with zero attached hydrogens (tertiary/aromatic N) is 4. The Morgan fingerprint density at radius 2 is 1.11 bits per heavy atom. The fourth-order valence-corrected chi connectivity index (χ4v) is 6.73. The number of hydrazone groups is 1. The maximum Gasteiger partial charge on any atom is 0.122 e. The standard InChI is InChI=1S/C40H33N5/c1-41-40(43(2)42-27-28-14-5-3-6-15-28)29-16-13-19-31(24-29)45-37-23-12-10-21-33(37)35-25-34-32-20-9-11-22-36(32)44(38(34)26-39(35)45)30-17-7-4-8-18-30/h3-27,40-41H,1-2H3/b42-27+. The molecule has 0 spiro atoms. The van der Waals surface area contributed by atoms with Crippen LogP contribution < -0.4 is 5.32 Å². The van der Waals surface area contributed by atoms with Gasteiger partial charge in [-0.2, -0.15) is 5.10 Å². The van der Waals surface area contributed by atoms with E-state index in [1.165, 1.54) is 43.6 Å². The Kier molecular flexibility index (Phi) is 6.66. The number of hydrogen-bond acceptors (Lipinski definition) is 3. The molecule has 0 saturated carbocycles. The van der Waals surface area contributed by atoms with Crippen LogP contribution in [0.1, 0.15) is 17.3 Å². The molecule has 1 N–H and O–H groups in total. The summed E-state index contributed by atoms with van der Waals surface area (Å²) in [6.45, 7) is 0. The minimum Gasteiger partial charge on any atom is -0.309 e. The molecule has 0 fully saturated rings. The molecule has 2 heterocycles. The zero-order valence-electron chi connectivity index (χ0n) is 25.3. The van der Waals surface area contributed by atoms with E-state index >= 15 is 0 Å². The maximum atomic E-state index is 4.76. The summed E-state index contributed by atoms with van der Waals surface area (Å²) in [5.74, 6) is 0. The van der Waals surface area contributed by atoms with Crippen molar-refractivity contribution in [3.63, 3.8) is 0 Å². The Balaban J connectivity index is 1.33. The number of fused-ring (bicyclic) bond motifs is 6. The van der Waals surface area contributed by atoms with Gasteiger partial charge in [-0.3, -0.25) is 10.3 Å². The van der Waals surface area contributed by atoms with Crippen LogP contribution in [0.5, 0.6) is 0 Å². The van der Waals surface area contributed by atoms with Gasteiger partial charge >= 0.3 is 0 Å². The van der Waals surface area contributed by atoms with Crippen molar-refractivity contribution in [2.45, 2.75) is 6.17 Å². The van der Waals surface area contributed by atoms with Crippen LogP contribution in [0.2, 0.25) is 0 Å². The molecule has 0 amide bonds. The molecule has 0 radical (unpaired) electrons. The van der Waals surface area contributed by atoms with Crippen LogP contribution in [0.4, 0.5) is 0 Å². The topological polar surface area (TPSA) is 37.5 Å². The number of hydrogen-bond donors (Lipinski definition) is 1. The molecule has 1 unspecified atom stereocenters. The molecule has 1 atom stereocenters. The smallest absolute Gasteiger partial charge is 0.122 e. The molecule has 5 nitrogen and oxygen atoms in total. The molecule has 2 aromatic heterocycles. The third kappa shape index (κ3) is 4.57. The molecule has 8 aromatic rings. The highest BCUT2D eigenvalue weighted by molar-refractivity contribution is 6.19. The summed E-state index contributed by atoms with van der Waals surface area (Å²) in [5, 5.41) is 15.2. The zero-order valence-corrected chi connectivity index (χ0v) is 25.3. The van der Waals surface area contributed by atoms with Gasteiger partial charge in [-0.25, -0.2) is 0 Å². The second kappa shape index (κ2) is 11.1. The van der Waals surface area contributed by atoms with E-state index in [9.17, 15) is 0 Å². The molecule has 6 aromatic carbocycles. The van der Waals surface area contributed by atoms with Crippen molar-refractivity contribution in [3.05, 3.63) is 157 Å². The number of benzene rings is 6. The van der Waals surface area contributed by atoms with Crippen LogP contribution >= 0.6 is 0 Å². The van der Waals surface area contributed by atoms with Crippen molar-refractivity contribution in [1.82, 2.24) is 19.5 Å². The highest BCUT2D eigenvalue weighted by atomic mass is 15.5. The van der Waals surface area contributed by atoms with Gasteiger partial charge in [-0.15, -0.1) is 0 Å². The van der Waals surface area contributed by atoms with Crippen LogP contribution in [-0.4, -0.2) is 34.5 Å². The zero-order chi connectivity index (χ0) is 30.3. The number of aromatic nitrogens is 2. The van der Waals surface area contributed by atoms with E-state index in [-0.39, 0.29) is 6.17 Å². The van der Waals surface area contributed by atoms with Gasteiger partial charge < -0.3 is 9.13 Å². The van der Waals surface area contributed by atoms with Gasteiger partial charge in [0.15, 0.2) is 0 Å². The van der Waals surface area contributed by atoms with Crippen molar-refractivity contribution < 1.29 is 0 Å². The van der Waals surface area contributed by atoms with E-state index in [0.29, 0.717) is 0 Å². The summed E-state index contributed by atoms with van der Waals surface area (Å²) >= 11 is 0. The second-order valence-electron chi connectivity index (χ2n) is 11.4. The Morgan fingerprint density at radius 1 is 0.556 bits per heavy atom. The van der Waals surface area contributed by atoms with Gasteiger partial charge in [0.25, 0.3) is 0 Å². The Bertz CT molecular complexity index is 2330. The van der Waals surface area contributed by atoms with Crippen LogP contribution in [0.3, 0.4) is 0 Å². The molecule has 0 bridgehead atoms. The summed E-state index contributed by atoms with van der Waals surface area (Å²) < 4.78 is 4.79. The number of nitrogens with one attached hydrogen (secondary N) is 1. The highest BCUT2D eigenvalue weighted by Gasteiger charge is 2.20. The van der Waals surface area contributed by atoms with Gasteiger partial charge in [0.2, 0.25) is 0 Å². The second-order valence-corrected chi connectivity index (χ2v) is 11.4. The molecular formula is C40H33N5. The minimum absolute atomic E-state index is 0.106. The molecule has 0 saturated heterocycles. The van der Waals surface area contributed by atoms with Gasteiger partial charge in [0.1, 0.15) is 6.17 Å². The first kappa shape index (κ1) is 26.9. The van der Waals surface area contributed by atoms with Crippen molar-refractivity contribution in [1.29, 1.82) is 0 Å². The fraction of sp³-hybridized carbons (Fsp3) is 0.0750. The summed E-state index contributed by atoms with van der Waals surface area (Å²) in [7, 11) is 3.98. The minimum atomic E-state index is -0.106. The van der Waals surface area contributed by atoms with Crippen LogP contribution in [-0.2, 0) is 0 Å². The third-order valence-electron chi connectivity index (χ3n) is 8.76. The molecule has 5 heteroatoms. The van der Waals surface area contributed by atoms with Crippen molar-refractivity contribution >= 4 is 49.8 Å².